The molecule has 6 nitrogen and oxygen atoms in total. The molecule has 0 radical (unpaired) electrons. The molecular formula is C18H23NO5. The van der Waals surface area contributed by atoms with Crippen LogP contribution in [-0.4, -0.2) is 28.0 Å². The first-order valence-corrected chi connectivity index (χ1v) is 7.70. The van der Waals surface area contributed by atoms with Crippen LogP contribution in [0.15, 0.2) is 30.5 Å². The third-order valence-corrected chi connectivity index (χ3v) is 2.84. The first-order chi connectivity index (χ1) is 10.9. The number of aromatic nitrogens is 1. The molecule has 0 N–H and O–H groups in total. The molecule has 2 aromatic rings. The molecule has 0 fully saturated rings. The van der Waals surface area contributed by atoms with E-state index in [1.807, 2.05) is 20.8 Å². The maximum absolute atomic E-state index is 12.2. The van der Waals surface area contributed by atoms with Gasteiger partial charge in [0.2, 0.25) is 0 Å². The van der Waals surface area contributed by atoms with E-state index < -0.39 is 23.5 Å². The summed E-state index contributed by atoms with van der Waals surface area (Å²) in [5.41, 5.74) is -0.532. The van der Waals surface area contributed by atoms with Crippen molar-refractivity contribution in [3.63, 3.8) is 0 Å². The fraction of sp³-hybridized carbons (Fsp3) is 0.444. The van der Waals surface area contributed by atoms with Crippen LogP contribution in [0.4, 0.5) is 9.59 Å². The number of fused-ring (bicyclic) bond motifs is 1. The Kier molecular flexibility index (Phi) is 4.60. The highest BCUT2D eigenvalue weighted by Gasteiger charge is 2.20. The Labute approximate surface area is 141 Å². The average Bonchev–Trinajstić information content (AvgIpc) is 2.77. The second-order valence-corrected chi connectivity index (χ2v) is 7.45. The van der Waals surface area contributed by atoms with Crippen molar-refractivity contribution in [3.8, 4) is 5.75 Å². The molecule has 0 atom stereocenters. The largest absolute Gasteiger partial charge is 0.514 e. The molecule has 0 spiro atoms. The lowest BCUT2D eigenvalue weighted by Crippen LogP contribution is -2.26. The van der Waals surface area contributed by atoms with Crippen LogP contribution < -0.4 is 4.74 Å². The number of carbonyl (C=O) groups is 2. The summed E-state index contributed by atoms with van der Waals surface area (Å²) in [4.78, 5) is 23.9. The minimum atomic E-state index is -0.770. The van der Waals surface area contributed by atoms with Crippen LogP contribution in [0.25, 0.3) is 10.9 Å². The third kappa shape index (κ3) is 4.75. The number of benzene rings is 1. The molecule has 0 bridgehead atoms. The van der Waals surface area contributed by atoms with Crippen molar-refractivity contribution in [2.45, 2.75) is 52.7 Å². The van der Waals surface area contributed by atoms with Gasteiger partial charge in [-0.2, -0.15) is 0 Å². The zero-order valence-electron chi connectivity index (χ0n) is 14.9. The van der Waals surface area contributed by atoms with Crippen molar-refractivity contribution in [3.05, 3.63) is 30.5 Å². The molecule has 0 unspecified atom stereocenters. The molecule has 0 saturated carbocycles. The maximum Gasteiger partial charge on any atom is 0.514 e. The Balaban J connectivity index is 2.19. The number of hydrogen-bond acceptors (Lipinski definition) is 5. The predicted octanol–water partition coefficient (Wildman–Crippen LogP) is 4.74. The number of nitrogens with zero attached hydrogens (tertiary/aromatic N) is 1. The van der Waals surface area contributed by atoms with Gasteiger partial charge in [0.25, 0.3) is 0 Å². The fourth-order valence-corrected chi connectivity index (χ4v) is 2.02. The van der Waals surface area contributed by atoms with Gasteiger partial charge < -0.3 is 14.2 Å². The lowest BCUT2D eigenvalue weighted by molar-refractivity contribution is 0.0206. The van der Waals surface area contributed by atoms with Gasteiger partial charge in [0.15, 0.2) is 0 Å². The van der Waals surface area contributed by atoms with Crippen LogP contribution >= 0.6 is 0 Å². The molecule has 0 aliphatic rings. The predicted molar refractivity (Wildman–Crippen MR) is 90.4 cm³/mol. The summed E-state index contributed by atoms with van der Waals surface area (Å²) in [6, 6.07) is 6.72. The molecule has 1 aromatic carbocycles. The number of ether oxygens (including phenoxy) is 3. The van der Waals surface area contributed by atoms with Crippen molar-refractivity contribution in [2.75, 3.05) is 0 Å². The van der Waals surface area contributed by atoms with Crippen molar-refractivity contribution in [2.24, 2.45) is 0 Å². The van der Waals surface area contributed by atoms with Gasteiger partial charge in [0.05, 0.1) is 5.52 Å². The van der Waals surface area contributed by atoms with Gasteiger partial charge in [-0.05, 0) is 65.8 Å². The molecule has 0 aliphatic heterocycles. The second-order valence-electron chi connectivity index (χ2n) is 7.45. The molecule has 1 heterocycles. The summed E-state index contributed by atoms with van der Waals surface area (Å²) in [7, 11) is 0. The molecule has 2 rings (SSSR count). The molecular weight excluding hydrogens is 310 g/mol. The lowest BCUT2D eigenvalue weighted by Gasteiger charge is -2.20. The number of hydrogen-bond donors (Lipinski definition) is 0. The highest BCUT2D eigenvalue weighted by molar-refractivity contribution is 5.90. The first kappa shape index (κ1) is 17.8. The van der Waals surface area contributed by atoms with E-state index in [1.165, 1.54) is 4.57 Å². The van der Waals surface area contributed by atoms with Crippen molar-refractivity contribution >= 4 is 23.2 Å². The highest BCUT2D eigenvalue weighted by atomic mass is 16.7. The number of carbonyl (C=O) groups excluding carboxylic acids is 2. The second kappa shape index (κ2) is 6.19. The standard InChI is InChI=1S/C18H23NO5/c1-17(2,3)23-15(20)19-10-9-12-11-13(7-8-14(12)19)22-16(21)24-18(4,5)6/h7-11H,1-6H3. The van der Waals surface area contributed by atoms with E-state index in [1.54, 1.807) is 51.2 Å². The Morgan fingerprint density at radius 2 is 1.54 bits per heavy atom. The fourth-order valence-electron chi connectivity index (χ4n) is 2.02. The van der Waals surface area contributed by atoms with E-state index in [4.69, 9.17) is 14.2 Å². The Bertz CT molecular complexity index is 762. The smallest absolute Gasteiger partial charge is 0.443 e. The van der Waals surface area contributed by atoms with Gasteiger partial charge in [0.1, 0.15) is 17.0 Å². The van der Waals surface area contributed by atoms with E-state index >= 15 is 0 Å². The molecule has 0 amide bonds. The Morgan fingerprint density at radius 3 is 2.12 bits per heavy atom. The monoisotopic (exact) mass is 333 g/mol. The van der Waals surface area contributed by atoms with Gasteiger partial charge in [-0.15, -0.1) is 0 Å². The topological polar surface area (TPSA) is 66.8 Å². The molecule has 24 heavy (non-hydrogen) atoms. The van der Waals surface area contributed by atoms with Gasteiger partial charge in [-0.1, -0.05) is 0 Å². The summed E-state index contributed by atoms with van der Waals surface area (Å²) in [5, 5.41) is 0.752. The molecule has 0 saturated heterocycles. The van der Waals surface area contributed by atoms with Gasteiger partial charge >= 0.3 is 12.2 Å². The molecule has 0 aliphatic carbocycles. The summed E-state index contributed by atoms with van der Waals surface area (Å²) < 4.78 is 17.0. The van der Waals surface area contributed by atoms with Crippen LogP contribution in [0, 0.1) is 0 Å². The SMILES string of the molecule is CC(C)(C)OC(=O)Oc1ccc2c(ccn2C(=O)OC(C)(C)C)c1. The minimum absolute atomic E-state index is 0.346. The van der Waals surface area contributed by atoms with Crippen LogP contribution in [0.1, 0.15) is 41.5 Å². The van der Waals surface area contributed by atoms with Crippen LogP contribution in [-0.2, 0) is 9.47 Å². The Hall–Kier alpha value is -2.50. The number of rotatable bonds is 1. The molecule has 1 aromatic heterocycles. The quantitative estimate of drug-likeness (QED) is 0.557. The highest BCUT2D eigenvalue weighted by Crippen LogP contribution is 2.24. The summed E-state index contributed by atoms with van der Waals surface area (Å²) in [6.07, 6.45) is 0.391. The lowest BCUT2D eigenvalue weighted by atomic mass is 10.2. The third-order valence-electron chi connectivity index (χ3n) is 2.84. The van der Waals surface area contributed by atoms with E-state index in [0.717, 1.165) is 5.39 Å². The first-order valence-electron chi connectivity index (χ1n) is 7.70. The van der Waals surface area contributed by atoms with Crippen LogP contribution in [0.5, 0.6) is 5.75 Å². The van der Waals surface area contributed by atoms with E-state index in [9.17, 15) is 9.59 Å². The van der Waals surface area contributed by atoms with Gasteiger partial charge in [-0.25, -0.2) is 9.59 Å². The molecule has 130 valence electrons. The maximum atomic E-state index is 12.2. The zero-order chi connectivity index (χ0) is 18.1. The summed E-state index contributed by atoms with van der Waals surface area (Å²) >= 11 is 0. The van der Waals surface area contributed by atoms with Gasteiger partial charge in [-0.3, -0.25) is 4.57 Å². The minimum Gasteiger partial charge on any atom is -0.443 e. The van der Waals surface area contributed by atoms with Crippen LogP contribution in [0.3, 0.4) is 0 Å². The average molecular weight is 333 g/mol. The van der Waals surface area contributed by atoms with Crippen LogP contribution in [0.2, 0.25) is 0 Å². The zero-order valence-corrected chi connectivity index (χ0v) is 14.9. The van der Waals surface area contributed by atoms with E-state index in [-0.39, 0.29) is 0 Å². The summed E-state index contributed by atoms with van der Waals surface area (Å²) in [5.74, 6) is 0.346. The van der Waals surface area contributed by atoms with Crippen molar-refractivity contribution in [1.82, 2.24) is 4.57 Å². The normalized spacial score (nSPS) is 12.1. The van der Waals surface area contributed by atoms with Gasteiger partial charge in [0, 0.05) is 11.6 Å². The van der Waals surface area contributed by atoms with E-state index in [2.05, 4.69) is 0 Å². The Morgan fingerprint density at radius 1 is 0.917 bits per heavy atom. The molecule has 6 heteroatoms. The van der Waals surface area contributed by atoms with E-state index in [0.29, 0.717) is 11.3 Å². The summed E-state index contributed by atoms with van der Waals surface area (Å²) in [6.45, 7) is 10.7. The van der Waals surface area contributed by atoms with Crippen molar-refractivity contribution < 1.29 is 23.8 Å². The van der Waals surface area contributed by atoms with Crippen molar-refractivity contribution in [1.29, 1.82) is 0 Å².